The van der Waals surface area contributed by atoms with E-state index in [9.17, 15) is 19.5 Å². The van der Waals surface area contributed by atoms with Crippen molar-refractivity contribution < 1.29 is 78.6 Å². The topological polar surface area (TPSA) is 83.4 Å². The Balaban J connectivity index is 0. The molecular weight excluding hydrogens is 345 g/mol. The Labute approximate surface area is 190 Å². The molecule has 0 saturated carbocycles. The average molecular weight is 372 g/mol. The van der Waals surface area contributed by atoms with Crippen molar-refractivity contribution in [3.63, 3.8) is 0 Å². The molecule has 7 heteroatoms. The van der Waals surface area contributed by atoms with Crippen LogP contribution in [0.3, 0.4) is 0 Å². The Bertz CT molecular complexity index is 548. The van der Waals surface area contributed by atoms with Crippen LogP contribution in [-0.4, -0.2) is 11.3 Å². The molecule has 0 aromatic heterocycles. The van der Waals surface area contributed by atoms with Crippen molar-refractivity contribution in [2.75, 3.05) is 6.16 Å². The molecule has 0 spiro atoms. The first-order valence-corrected chi connectivity index (χ1v) is 9.32. The van der Waals surface area contributed by atoms with Gasteiger partial charge in [-0.1, -0.05) is 61.3 Å². The van der Waals surface area contributed by atoms with Gasteiger partial charge in [-0.25, -0.2) is 0 Å². The zero-order valence-electron chi connectivity index (χ0n) is 16.4. The summed E-state index contributed by atoms with van der Waals surface area (Å²) in [5.41, 5.74) is 2.23. The van der Waals surface area contributed by atoms with Gasteiger partial charge in [0.05, 0.1) is 0 Å². The molecule has 1 N–H and O–H groups in total. The van der Waals surface area contributed by atoms with Crippen LogP contribution in [0.2, 0.25) is 0 Å². The summed E-state index contributed by atoms with van der Waals surface area (Å²) in [7, 11) is -4.45. The second kappa shape index (κ2) is 9.92. The maximum Gasteiger partial charge on any atom is 1.00 e. The van der Waals surface area contributed by atoms with Crippen LogP contribution >= 0.6 is 7.60 Å². The number of phenols is 1. The molecule has 0 amide bonds. The number of aromatic hydroxyl groups is 1. The van der Waals surface area contributed by atoms with Gasteiger partial charge in [0.2, 0.25) is 0 Å². The van der Waals surface area contributed by atoms with E-state index in [4.69, 9.17) is 0 Å². The van der Waals surface area contributed by atoms with Gasteiger partial charge < -0.3 is 19.5 Å². The Morgan fingerprint density at radius 2 is 1.33 bits per heavy atom. The van der Waals surface area contributed by atoms with Crippen molar-refractivity contribution in [1.82, 2.24) is 0 Å². The van der Waals surface area contributed by atoms with E-state index in [-0.39, 0.29) is 76.1 Å². The molecular formula is C17H27Na2O4P. The maximum atomic E-state index is 10.8. The fourth-order valence-electron chi connectivity index (χ4n) is 2.46. The molecule has 0 aliphatic rings. The monoisotopic (exact) mass is 372 g/mol. The van der Waals surface area contributed by atoms with Crippen LogP contribution in [0, 0.1) is 0 Å². The summed E-state index contributed by atoms with van der Waals surface area (Å²) < 4.78 is 10.8. The smallest absolute Gasteiger partial charge is 0.811 e. The zero-order chi connectivity index (χ0) is 17.3. The number of benzene rings is 1. The first kappa shape index (κ1) is 27.4. The van der Waals surface area contributed by atoms with Crippen LogP contribution in [0.5, 0.6) is 5.75 Å². The van der Waals surface area contributed by atoms with Crippen LogP contribution < -0.4 is 68.9 Å². The molecule has 1 aromatic carbocycles. The molecule has 0 saturated heterocycles. The molecule has 126 valence electrons. The van der Waals surface area contributed by atoms with E-state index in [0.29, 0.717) is 18.6 Å². The van der Waals surface area contributed by atoms with Crippen LogP contribution in [-0.2, 0) is 21.8 Å². The largest absolute Gasteiger partial charge is 1.00 e. The fourth-order valence-corrected chi connectivity index (χ4v) is 3.00. The maximum absolute atomic E-state index is 10.8. The number of hydrogen-bond donors (Lipinski definition) is 1. The molecule has 0 radical (unpaired) electrons. The van der Waals surface area contributed by atoms with Crippen molar-refractivity contribution in [2.45, 2.75) is 65.2 Å². The standard InChI is InChI=1S/C17H29O4P.2Na/c1-16(2,3)13-10-12(8-7-9-22(19,20)21)11-14(15(13)18)17(4,5)6;;/h10-11,18H,7-9H2,1-6H3,(H2,19,20,21);;/q;2*+1/p-2. The van der Waals surface area contributed by atoms with Gasteiger partial charge in [-0.3, -0.25) is 0 Å². The predicted molar refractivity (Wildman–Crippen MR) is 86.3 cm³/mol. The SMILES string of the molecule is CC(C)(C)c1cc(CCCP(=O)([O-])[O-])cc(C(C)(C)C)c1O.[Na+].[Na+]. The third-order valence-electron chi connectivity index (χ3n) is 3.68. The zero-order valence-corrected chi connectivity index (χ0v) is 21.3. The van der Waals surface area contributed by atoms with Gasteiger partial charge >= 0.3 is 59.1 Å². The van der Waals surface area contributed by atoms with Crippen molar-refractivity contribution in [3.05, 3.63) is 28.8 Å². The van der Waals surface area contributed by atoms with Crippen LogP contribution in [0.25, 0.3) is 0 Å². The molecule has 0 bridgehead atoms. The molecule has 24 heavy (non-hydrogen) atoms. The van der Waals surface area contributed by atoms with Gasteiger partial charge in [0.15, 0.2) is 0 Å². The Morgan fingerprint density at radius 3 is 1.62 bits per heavy atom. The molecule has 0 fully saturated rings. The minimum absolute atomic E-state index is 0. The Kier molecular flexibility index (Phi) is 11.3. The summed E-state index contributed by atoms with van der Waals surface area (Å²) in [6.07, 6.45) is 0.493. The van der Waals surface area contributed by atoms with Crippen LogP contribution in [0.1, 0.15) is 64.7 Å². The second-order valence-electron chi connectivity index (χ2n) is 7.98. The molecule has 4 nitrogen and oxygen atoms in total. The predicted octanol–water partition coefficient (Wildman–Crippen LogP) is -3.16. The normalized spacial score (nSPS) is 12.3. The van der Waals surface area contributed by atoms with Crippen molar-refractivity contribution in [3.8, 4) is 5.75 Å². The van der Waals surface area contributed by atoms with Crippen LogP contribution in [0.15, 0.2) is 12.1 Å². The second-order valence-corrected chi connectivity index (χ2v) is 9.65. The summed E-state index contributed by atoms with van der Waals surface area (Å²) in [5, 5.41) is 10.6. The van der Waals surface area contributed by atoms with E-state index < -0.39 is 7.60 Å². The Morgan fingerprint density at radius 1 is 0.958 bits per heavy atom. The van der Waals surface area contributed by atoms with Gasteiger partial charge in [0.1, 0.15) is 5.75 Å². The quantitative estimate of drug-likeness (QED) is 0.447. The van der Waals surface area contributed by atoms with E-state index in [0.717, 1.165) is 16.7 Å². The number of aryl methyl sites for hydroxylation is 1. The Hall–Kier alpha value is 1.17. The third-order valence-corrected chi connectivity index (χ3v) is 4.55. The summed E-state index contributed by atoms with van der Waals surface area (Å²) >= 11 is 0. The molecule has 1 aromatic rings. The van der Waals surface area contributed by atoms with E-state index in [2.05, 4.69) is 0 Å². The van der Waals surface area contributed by atoms with E-state index in [1.165, 1.54) is 0 Å². The van der Waals surface area contributed by atoms with Gasteiger partial charge in [0, 0.05) is 0 Å². The molecule has 1 rings (SSSR count). The van der Waals surface area contributed by atoms with Gasteiger partial charge in [-0.05, 0) is 46.5 Å². The van der Waals surface area contributed by atoms with Crippen molar-refractivity contribution >= 4 is 7.60 Å². The molecule has 0 heterocycles. The number of phenolic OH excluding ortho intramolecular Hbond substituents is 1. The van der Waals surface area contributed by atoms with E-state index >= 15 is 0 Å². The van der Waals surface area contributed by atoms with E-state index in [1.54, 1.807) is 0 Å². The minimum atomic E-state index is -4.45. The summed E-state index contributed by atoms with van der Waals surface area (Å²) in [5.74, 6) is 0.307. The van der Waals surface area contributed by atoms with Crippen LogP contribution in [0.4, 0.5) is 0 Å². The van der Waals surface area contributed by atoms with Crippen molar-refractivity contribution in [1.29, 1.82) is 0 Å². The summed E-state index contributed by atoms with van der Waals surface area (Å²) in [4.78, 5) is 21.5. The average Bonchev–Trinajstić information content (AvgIpc) is 2.26. The number of hydrogen-bond acceptors (Lipinski definition) is 4. The van der Waals surface area contributed by atoms with Gasteiger partial charge in [0.25, 0.3) is 0 Å². The minimum Gasteiger partial charge on any atom is -0.811 e. The summed E-state index contributed by atoms with van der Waals surface area (Å²) in [6.45, 7) is 12.2. The van der Waals surface area contributed by atoms with Gasteiger partial charge in [-0.2, -0.15) is 0 Å². The first-order chi connectivity index (χ1) is 9.72. The molecule has 0 unspecified atom stereocenters. The first-order valence-electron chi connectivity index (χ1n) is 7.60. The van der Waals surface area contributed by atoms with Crippen molar-refractivity contribution in [2.24, 2.45) is 0 Å². The molecule has 0 aliphatic heterocycles. The van der Waals surface area contributed by atoms with E-state index in [1.807, 2.05) is 53.7 Å². The molecule has 0 atom stereocenters. The van der Waals surface area contributed by atoms with Gasteiger partial charge in [-0.15, -0.1) is 0 Å². The summed E-state index contributed by atoms with van der Waals surface area (Å²) in [6, 6.07) is 3.84. The molecule has 0 aliphatic carbocycles. The number of rotatable bonds is 4. The third kappa shape index (κ3) is 8.70. The fraction of sp³-hybridized carbons (Fsp3) is 0.647.